The Kier molecular flexibility index (Phi) is 3.48. The van der Waals surface area contributed by atoms with E-state index in [1.807, 2.05) is 0 Å². The predicted molar refractivity (Wildman–Crippen MR) is 74.3 cm³/mol. The number of nitro groups is 1. The first-order chi connectivity index (χ1) is 10.1. The lowest BCUT2D eigenvalue weighted by Crippen LogP contribution is -2.39. The summed E-state index contributed by atoms with van der Waals surface area (Å²) in [5.74, 6) is 0. The fourth-order valence-electron chi connectivity index (χ4n) is 2.30. The Bertz CT molecular complexity index is 663. The highest BCUT2D eigenvalue weighted by Gasteiger charge is 2.35. The van der Waals surface area contributed by atoms with Gasteiger partial charge in [0.25, 0.3) is 11.7 Å². The molecule has 0 radical (unpaired) electrons. The maximum Gasteiger partial charge on any atom is 0.295 e. The Morgan fingerprint density at radius 2 is 2.43 bits per heavy atom. The first-order valence-corrected chi connectivity index (χ1v) is 6.54. The van der Waals surface area contributed by atoms with Gasteiger partial charge in [-0.25, -0.2) is 0 Å². The largest absolute Gasteiger partial charge is 0.423 e. The molecule has 2 aromatic rings. The summed E-state index contributed by atoms with van der Waals surface area (Å²) in [6.45, 7) is 1.68. The molecule has 0 saturated carbocycles. The number of fused-ring (bicyclic) bond motifs is 1. The van der Waals surface area contributed by atoms with Gasteiger partial charge in [-0.15, -0.1) is 0 Å². The van der Waals surface area contributed by atoms with Gasteiger partial charge in [0, 0.05) is 26.2 Å². The summed E-state index contributed by atoms with van der Waals surface area (Å²) in [5.41, 5.74) is 0.535. The van der Waals surface area contributed by atoms with Crippen molar-refractivity contribution in [2.45, 2.75) is 12.0 Å². The van der Waals surface area contributed by atoms with Gasteiger partial charge in [-0.1, -0.05) is 0 Å². The molecule has 0 amide bonds. The van der Waals surface area contributed by atoms with Gasteiger partial charge in [0.15, 0.2) is 5.58 Å². The molecule has 1 saturated heterocycles. The minimum atomic E-state index is -0.467. The standard InChI is InChI=1S/C13H15N3O5/c1-19-13(4-5-20-8-13)7-14-12-15-10-3-2-9(16(17)18)6-11(10)21-12/h2-3,6H,4-5,7-8H2,1H3,(H,14,15). The highest BCUT2D eigenvalue weighted by Crippen LogP contribution is 2.26. The molecular formula is C13H15N3O5. The van der Waals surface area contributed by atoms with Gasteiger partial charge in [-0.05, 0) is 6.07 Å². The van der Waals surface area contributed by atoms with E-state index < -0.39 is 4.92 Å². The van der Waals surface area contributed by atoms with E-state index in [-0.39, 0.29) is 11.3 Å². The van der Waals surface area contributed by atoms with E-state index in [0.717, 1.165) is 6.42 Å². The normalized spacial score (nSPS) is 21.8. The average Bonchev–Trinajstić information content (AvgIpc) is 3.11. The molecule has 0 spiro atoms. The van der Waals surface area contributed by atoms with Gasteiger partial charge in [-0.2, -0.15) is 4.98 Å². The number of methoxy groups -OCH3 is 1. The monoisotopic (exact) mass is 293 g/mol. The van der Waals surface area contributed by atoms with Crippen LogP contribution in [0.2, 0.25) is 0 Å². The number of hydrogen-bond acceptors (Lipinski definition) is 7. The second-order valence-corrected chi connectivity index (χ2v) is 4.97. The molecule has 0 bridgehead atoms. The number of non-ortho nitro benzene ring substituents is 1. The molecule has 8 heteroatoms. The number of ether oxygens (including phenoxy) is 2. The zero-order valence-corrected chi connectivity index (χ0v) is 11.5. The molecule has 0 aliphatic carbocycles. The predicted octanol–water partition coefficient (Wildman–Crippen LogP) is 1.95. The summed E-state index contributed by atoms with van der Waals surface area (Å²) >= 11 is 0. The highest BCUT2D eigenvalue weighted by atomic mass is 16.6. The third-order valence-corrected chi connectivity index (χ3v) is 3.64. The summed E-state index contributed by atoms with van der Waals surface area (Å²) in [4.78, 5) is 14.5. The molecule has 1 aliphatic heterocycles. The van der Waals surface area contributed by atoms with Gasteiger partial charge in [0.1, 0.15) is 11.1 Å². The molecule has 1 fully saturated rings. The summed E-state index contributed by atoms with van der Waals surface area (Å²) in [6, 6.07) is 4.63. The molecule has 21 heavy (non-hydrogen) atoms. The Morgan fingerprint density at radius 3 is 3.10 bits per heavy atom. The van der Waals surface area contributed by atoms with Crippen molar-refractivity contribution in [2.24, 2.45) is 0 Å². The van der Waals surface area contributed by atoms with Gasteiger partial charge in [0.05, 0.1) is 24.1 Å². The van der Waals surface area contributed by atoms with Crippen LogP contribution in [-0.4, -0.2) is 42.4 Å². The number of oxazole rings is 1. The van der Waals surface area contributed by atoms with Crippen molar-refractivity contribution in [2.75, 3.05) is 32.2 Å². The molecule has 112 valence electrons. The van der Waals surface area contributed by atoms with Gasteiger partial charge >= 0.3 is 0 Å². The molecule has 1 aliphatic rings. The van der Waals surface area contributed by atoms with E-state index in [1.54, 1.807) is 13.2 Å². The lowest BCUT2D eigenvalue weighted by molar-refractivity contribution is -0.384. The first-order valence-electron chi connectivity index (χ1n) is 6.54. The number of aromatic nitrogens is 1. The van der Waals surface area contributed by atoms with E-state index in [9.17, 15) is 10.1 Å². The maximum atomic E-state index is 10.7. The van der Waals surface area contributed by atoms with E-state index in [0.29, 0.717) is 36.9 Å². The van der Waals surface area contributed by atoms with Crippen molar-refractivity contribution in [3.63, 3.8) is 0 Å². The molecule has 1 aromatic carbocycles. The number of hydrogen-bond donors (Lipinski definition) is 1. The molecule has 1 unspecified atom stereocenters. The van der Waals surface area contributed by atoms with Crippen molar-refractivity contribution in [1.82, 2.24) is 4.98 Å². The second kappa shape index (κ2) is 5.30. The van der Waals surface area contributed by atoms with E-state index in [4.69, 9.17) is 13.9 Å². The molecule has 8 nitrogen and oxygen atoms in total. The third-order valence-electron chi connectivity index (χ3n) is 3.64. The van der Waals surface area contributed by atoms with Crippen molar-refractivity contribution in [3.05, 3.63) is 28.3 Å². The van der Waals surface area contributed by atoms with Crippen LogP contribution in [-0.2, 0) is 9.47 Å². The SMILES string of the molecule is COC1(CNc2nc3ccc([N+](=O)[O-])cc3o2)CCOC1. The third kappa shape index (κ3) is 2.67. The smallest absolute Gasteiger partial charge is 0.295 e. The van der Waals surface area contributed by atoms with Crippen LogP contribution in [0, 0.1) is 10.1 Å². The quantitative estimate of drug-likeness (QED) is 0.664. The average molecular weight is 293 g/mol. The zero-order valence-electron chi connectivity index (χ0n) is 11.5. The van der Waals surface area contributed by atoms with Crippen LogP contribution in [0.25, 0.3) is 11.1 Å². The van der Waals surface area contributed by atoms with E-state index in [2.05, 4.69) is 10.3 Å². The fourth-order valence-corrected chi connectivity index (χ4v) is 2.30. The molecule has 1 atom stereocenters. The van der Waals surface area contributed by atoms with Crippen molar-refractivity contribution < 1.29 is 18.8 Å². The van der Waals surface area contributed by atoms with Crippen molar-refractivity contribution in [1.29, 1.82) is 0 Å². The minimum absolute atomic E-state index is 0.0252. The molecule has 1 N–H and O–H groups in total. The zero-order chi connectivity index (χ0) is 14.9. The summed E-state index contributed by atoms with van der Waals surface area (Å²) in [5, 5.41) is 13.8. The first kappa shape index (κ1) is 13.8. The Morgan fingerprint density at radius 1 is 1.57 bits per heavy atom. The van der Waals surface area contributed by atoms with Crippen molar-refractivity contribution >= 4 is 22.8 Å². The lowest BCUT2D eigenvalue weighted by atomic mass is 10.0. The Labute approximate surface area is 120 Å². The van der Waals surface area contributed by atoms with E-state index in [1.165, 1.54) is 12.1 Å². The molecule has 1 aromatic heterocycles. The second-order valence-electron chi connectivity index (χ2n) is 4.97. The maximum absolute atomic E-state index is 10.7. The van der Waals surface area contributed by atoms with Crippen LogP contribution in [0.3, 0.4) is 0 Å². The van der Waals surface area contributed by atoms with Gasteiger partial charge < -0.3 is 19.2 Å². The Balaban J connectivity index is 1.77. The minimum Gasteiger partial charge on any atom is -0.423 e. The number of nitro benzene ring substituents is 1. The van der Waals surface area contributed by atoms with Crippen LogP contribution >= 0.6 is 0 Å². The van der Waals surface area contributed by atoms with Crippen LogP contribution in [0.1, 0.15) is 6.42 Å². The van der Waals surface area contributed by atoms with Crippen LogP contribution < -0.4 is 5.32 Å². The van der Waals surface area contributed by atoms with Gasteiger partial charge in [-0.3, -0.25) is 10.1 Å². The van der Waals surface area contributed by atoms with Crippen LogP contribution in [0.5, 0.6) is 0 Å². The number of nitrogens with one attached hydrogen (secondary N) is 1. The van der Waals surface area contributed by atoms with Crippen LogP contribution in [0.15, 0.2) is 22.6 Å². The van der Waals surface area contributed by atoms with Gasteiger partial charge in [0.2, 0.25) is 0 Å². The summed E-state index contributed by atoms with van der Waals surface area (Å²) in [7, 11) is 1.64. The number of nitrogens with zero attached hydrogens (tertiary/aromatic N) is 2. The summed E-state index contributed by atoms with van der Waals surface area (Å²) in [6.07, 6.45) is 0.794. The number of benzene rings is 1. The number of rotatable bonds is 5. The molecular weight excluding hydrogens is 278 g/mol. The highest BCUT2D eigenvalue weighted by molar-refractivity contribution is 5.77. The summed E-state index contributed by atoms with van der Waals surface area (Å²) < 4.78 is 16.3. The van der Waals surface area contributed by atoms with Crippen LogP contribution in [0.4, 0.5) is 11.7 Å². The molecule has 2 heterocycles. The fraction of sp³-hybridized carbons (Fsp3) is 0.462. The lowest BCUT2D eigenvalue weighted by Gasteiger charge is -2.25. The van der Waals surface area contributed by atoms with Crippen molar-refractivity contribution in [3.8, 4) is 0 Å². The Hall–Kier alpha value is -2.19. The topological polar surface area (TPSA) is 99.7 Å². The molecule has 3 rings (SSSR count). The van der Waals surface area contributed by atoms with E-state index >= 15 is 0 Å². The number of anilines is 1.